The molecule has 0 saturated heterocycles. The maximum absolute atomic E-state index is 13.6. The number of aromatic nitrogens is 2. The summed E-state index contributed by atoms with van der Waals surface area (Å²) in [5, 5.41) is 11.6. The van der Waals surface area contributed by atoms with Gasteiger partial charge in [0.2, 0.25) is 0 Å². The van der Waals surface area contributed by atoms with Crippen LogP contribution >= 0.6 is 0 Å². The van der Waals surface area contributed by atoms with Crippen molar-refractivity contribution in [3.8, 4) is 6.07 Å². The van der Waals surface area contributed by atoms with Crippen molar-refractivity contribution in [3.63, 3.8) is 0 Å². The summed E-state index contributed by atoms with van der Waals surface area (Å²) in [7, 11) is 0. The number of aryl methyl sites for hydroxylation is 1. The number of anilines is 1. The van der Waals surface area contributed by atoms with E-state index in [9.17, 15) is 4.39 Å². The Morgan fingerprint density at radius 2 is 2.22 bits per heavy atom. The Bertz CT molecular complexity index is 604. The first kappa shape index (κ1) is 12.0. The zero-order chi connectivity index (χ0) is 13.0. The molecule has 18 heavy (non-hydrogen) atoms. The lowest BCUT2D eigenvalue weighted by atomic mass is 10.2. The third-order valence-corrected chi connectivity index (χ3v) is 2.39. The molecule has 0 radical (unpaired) electrons. The summed E-state index contributed by atoms with van der Waals surface area (Å²) in [6.45, 7) is 2.21. The van der Waals surface area contributed by atoms with Gasteiger partial charge >= 0.3 is 0 Å². The van der Waals surface area contributed by atoms with Gasteiger partial charge in [0.15, 0.2) is 0 Å². The minimum absolute atomic E-state index is 0.302. The molecule has 2 aromatic rings. The third-order valence-electron chi connectivity index (χ3n) is 2.39. The smallest absolute Gasteiger partial charge is 0.147 e. The van der Waals surface area contributed by atoms with Gasteiger partial charge in [-0.2, -0.15) is 5.26 Å². The van der Waals surface area contributed by atoms with E-state index in [4.69, 9.17) is 5.26 Å². The summed E-state index contributed by atoms with van der Waals surface area (Å²) in [6.07, 6.45) is 1.66. The van der Waals surface area contributed by atoms with Gasteiger partial charge in [-0.3, -0.25) is 0 Å². The van der Waals surface area contributed by atoms with E-state index in [0.29, 0.717) is 23.6 Å². The molecule has 0 atom stereocenters. The van der Waals surface area contributed by atoms with E-state index >= 15 is 0 Å². The zero-order valence-electron chi connectivity index (χ0n) is 9.81. The molecule has 4 nitrogen and oxygen atoms in total. The average Bonchev–Trinajstić information content (AvgIpc) is 2.37. The lowest BCUT2D eigenvalue weighted by Crippen LogP contribution is -2.04. The Morgan fingerprint density at radius 1 is 1.39 bits per heavy atom. The number of rotatable bonds is 3. The zero-order valence-corrected chi connectivity index (χ0v) is 9.81. The van der Waals surface area contributed by atoms with E-state index in [1.807, 2.05) is 6.07 Å². The van der Waals surface area contributed by atoms with Crippen LogP contribution in [-0.4, -0.2) is 9.97 Å². The summed E-state index contributed by atoms with van der Waals surface area (Å²) in [5.41, 5.74) is 1.44. The minimum atomic E-state index is -0.445. The monoisotopic (exact) mass is 242 g/mol. The van der Waals surface area contributed by atoms with Crippen molar-refractivity contribution in [1.29, 1.82) is 5.26 Å². The van der Waals surface area contributed by atoms with E-state index in [1.54, 1.807) is 31.3 Å². The third kappa shape index (κ3) is 2.80. The van der Waals surface area contributed by atoms with Gasteiger partial charge in [0.25, 0.3) is 0 Å². The number of nitrogens with zero attached hydrogens (tertiary/aromatic N) is 3. The number of hydrogen-bond donors (Lipinski definition) is 1. The molecule has 0 bridgehead atoms. The van der Waals surface area contributed by atoms with Gasteiger partial charge in [-0.15, -0.1) is 0 Å². The summed E-state index contributed by atoms with van der Waals surface area (Å²) in [4.78, 5) is 8.19. The fourth-order valence-corrected chi connectivity index (χ4v) is 1.52. The van der Waals surface area contributed by atoms with Crippen LogP contribution in [0.2, 0.25) is 0 Å². The van der Waals surface area contributed by atoms with Gasteiger partial charge < -0.3 is 5.32 Å². The molecule has 0 fully saturated rings. The second-order valence-corrected chi connectivity index (χ2v) is 3.76. The molecular formula is C13H11FN4. The van der Waals surface area contributed by atoms with Crippen LogP contribution in [0.5, 0.6) is 0 Å². The maximum Gasteiger partial charge on any atom is 0.147 e. The molecule has 5 heteroatoms. The first-order valence-corrected chi connectivity index (χ1v) is 5.41. The molecule has 0 amide bonds. The fraction of sp³-hybridized carbons (Fsp3) is 0.154. The molecule has 0 unspecified atom stereocenters. The lowest BCUT2D eigenvalue weighted by molar-refractivity contribution is 0.629. The number of nitriles is 1. The SMILES string of the molecule is Cc1nccc(CNc2ccc(C#N)cc2F)n1. The molecule has 90 valence electrons. The van der Waals surface area contributed by atoms with Crippen molar-refractivity contribution >= 4 is 5.69 Å². The molecule has 0 spiro atoms. The molecule has 1 aromatic heterocycles. The summed E-state index contributed by atoms with van der Waals surface area (Å²) >= 11 is 0. The van der Waals surface area contributed by atoms with E-state index in [1.165, 1.54) is 6.07 Å². The highest BCUT2D eigenvalue weighted by molar-refractivity contribution is 5.48. The van der Waals surface area contributed by atoms with E-state index < -0.39 is 5.82 Å². The van der Waals surface area contributed by atoms with Gasteiger partial charge in [0.05, 0.1) is 29.6 Å². The van der Waals surface area contributed by atoms with Crippen molar-refractivity contribution in [3.05, 3.63) is 53.4 Å². The minimum Gasteiger partial charge on any atom is -0.377 e. The summed E-state index contributed by atoms with van der Waals surface area (Å²) < 4.78 is 13.6. The van der Waals surface area contributed by atoms with Crippen LogP contribution in [0, 0.1) is 24.1 Å². The quantitative estimate of drug-likeness (QED) is 0.897. The van der Waals surface area contributed by atoms with Crippen molar-refractivity contribution in [2.24, 2.45) is 0 Å². The molecule has 1 N–H and O–H groups in total. The molecule has 0 aliphatic heterocycles. The van der Waals surface area contributed by atoms with Crippen molar-refractivity contribution in [2.75, 3.05) is 5.32 Å². The standard InChI is InChI=1S/C13H11FN4/c1-9-16-5-4-11(18-9)8-17-13-3-2-10(7-15)6-12(13)14/h2-6,17H,8H2,1H3. The fourth-order valence-electron chi connectivity index (χ4n) is 1.52. The van der Waals surface area contributed by atoms with Crippen LogP contribution in [0.4, 0.5) is 10.1 Å². The summed E-state index contributed by atoms with van der Waals surface area (Å²) in [6, 6.07) is 7.96. The largest absolute Gasteiger partial charge is 0.377 e. The van der Waals surface area contributed by atoms with Gasteiger partial charge in [-0.1, -0.05) is 0 Å². The maximum atomic E-state index is 13.6. The van der Waals surface area contributed by atoms with Crippen LogP contribution in [-0.2, 0) is 6.54 Å². The molecule has 0 aliphatic rings. The highest BCUT2D eigenvalue weighted by Gasteiger charge is 2.03. The summed E-state index contributed by atoms with van der Waals surface area (Å²) in [5.74, 6) is 0.231. The molecule has 0 saturated carbocycles. The Kier molecular flexibility index (Phi) is 3.49. The van der Waals surface area contributed by atoms with Crippen molar-refractivity contribution in [1.82, 2.24) is 9.97 Å². The van der Waals surface area contributed by atoms with Gasteiger partial charge in [-0.05, 0) is 31.2 Å². The van der Waals surface area contributed by atoms with E-state index in [2.05, 4.69) is 15.3 Å². The Labute approximate surface area is 104 Å². The number of halogens is 1. The molecule has 1 heterocycles. The number of nitrogens with one attached hydrogen (secondary N) is 1. The van der Waals surface area contributed by atoms with Crippen LogP contribution in [0.25, 0.3) is 0 Å². The van der Waals surface area contributed by atoms with Gasteiger partial charge in [0.1, 0.15) is 11.6 Å². The number of hydrogen-bond acceptors (Lipinski definition) is 4. The van der Waals surface area contributed by atoms with Crippen molar-refractivity contribution in [2.45, 2.75) is 13.5 Å². The van der Waals surface area contributed by atoms with Crippen LogP contribution in [0.15, 0.2) is 30.5 Å². The first-order valence-electron chi connectivity index (χ1n) is 5.41. The second-order valence-electron chi connectivity index (χ2n) is 3.76. The van der Waals surface area contributed by atoms with Crippen LogP contribution in [0.3, 0.4) is 0 Å². The Morgan fingerprint density at radius 3 is 2.89 bits per heavy atom. The molecule has 2 rings (SSSR count). The van der Waals surface area contributed by atoms with Crippen LogP contribution < -0.4 is 5.32 Å². The van der Waals surface area contributed by atoms with Crippen molar-refractivity contribution < 1.29 is 4.39 Å². The normalized spacial score (nSPS) is 9.83. The Balaban J connectivity index is 2.09. The highest BCUT2D eigenvalue weighted by Crippen LogP contribution is 2.15. The second kappa shape index (κ2) is 5.23. The van der Waals surface area contributed by atoms with E-state index in [-0.39, 0.29) is 0 Å². The highest BCUT2D eigenvalue weighted by atomic mass is 19.1. The lowest BCUT2D eigenvalue weighted by Gasteiger charge is -2.07. The first-order chi connectivity index (χ1) is 8.69. The predicted molar refractivity (Wildman–Crippen MR) is 65.2 cm³/mol. The molecular weight excluding hydrogens is 231 g/mol. The number of benzene rings is 1. The van der Waals surface area contributed by atoms with E-state index in [0.717, 1.165) is 5.69 Å². The van der Waals surface area contributed by atoms with Gasteiger partial charge in [-0.25, -0.2) is 14.4 Å². The Hall–Kier alpha value is -2.48. The molecule has 1 aromatic carbocycles. The van der Waals surface area contributed by atoms with Crippen LogP contribution in [0.1, 0.15) is 17.1 Å². The van der Waals surface area contributed by atoms with Gasteiger partial charge in [0, 0.05) is 6.20 Å². The predicted octanol–water partition coefficient (Wildman–Crippen LogP) is 2.41. The topological polar surface area (TPSA) is 61.6 Å². The molecule has 0 aliphatic carbocycles. The average molecular weight is 242 g/mol.